The van der Waals surface area contributed by atoms with Gasteiger partial charge in [0, 0.05) is 30.7 Å². The minimum Gasteiger partial charge on any atom is -0.329 e. The zero-order valence-corrected chi connectivity index (χ0v) is 11.0. The molecular formula is C9H16N4O2S2. The molecule has 0 aliphatic carbocycles. The van der Waals surface area contributed by atoms with Gasteiger partial charge in [0.2, 0.25) is 0 Å². The van der Waals surface area contributed by atoms with E-state index in [1.807, 2.05) is 0 Å². The topological polar surface area (TPSA) is 88.3 Å². The number of piperidine rings is 1. The number of nitrogens with zero attached hydrogens (tertiary/aromatic N) is 2. The molecule has 8 heteroatoms. The number of thiazole rings is 1. The fourth-order valence-corrected chi connectivity index (χ4v) is 4.19. The van der Waals surface area contributed by atoms with E-state index in [1.54, 1.807) is 11.6 Å². The molecule has 1 aromatic heterocycles. The highest BCUT2D eigenvalue weighted by atomic mass is 32.2. The number of nitrogens with one attached hydrogen (secondary N) is 1. The van der Waals surface area contributed by atoms with Gasteiger partial charge in [0.25, 0.3) is 0 Å². The summed E-state index contributed by atoms with van der Waals surface area (Å²) in [5.41, 5.74) is 5.62. The van der Waals surface area contributed by atoms with Crippen LogP contribution < -0.4 is 10.5 Å². The Morgan fingerprint density at radius 1 is 1.59 bits per heavy atom. The number of nitrogens with two attached hydrogens (primary N) is 1. The molecule has 1 aliphatic heterocycles. The second-order valence-corrected chi connectivity index (χ2v) is 6.46. The van der Waals surface area contributed by atoms with Gasteiger partial charge in [0.05, 0.1) is 0 Å². The van der Waals surface area contributed by atoms with Crippen LogP contribution in [0.5, 0.6) is 0 Å². The predicted molar refractivity (Wildman–Crippen MR) is 68.1 cm³/mol. The molecule has 17 heavy (non-hydrogen) atoms. The van der Waals surface area contributed by atoms with E-state index in [2.05, 4.69) is 9.71 Å². The van der Waals surface area contributed by atoms with Gasteiger partial charge in [-0.3, -0.25) is 0 Å². The normalized spacial score (nSPS) is 22.5. The SMILES string of the molecule is NCC1CCCCN1S(=O)(=O)Nc1nccs1. The fraction of sp³-hybridized carbons (Fsp3) is 0.667. The number of hydrogen-bond acceptors (Lipinski definition) is 5. The van der Waals surface area contributed by atoms with Crippen molar-refractivity contribution in [3.05, 3.63) is 11.6 Å². The predicted octanol–water partition coefficient (Wildman–Crippen LogP) is 0.613. The van der Waals surface area contributed by atoms with E-state index in [1.165, 1.54) is 15.6 Å². The van der Waals surface area contributed by atoms with Crippen molar-refractivity contribution in [3.8, 4) is 0 Å². The number of rotatable bonds is 4. The molecule has 0 amide bonds. The van der Waals surface area contributed by atoms with Crippen LogP contribution in [0.4, 0.5) is 5.13 Å². The van der Waals surface area contributed by atoms with E-state index in [-0.39, 0.29) is 6.04 Å². The van der Waals surface area contributed by atoms with Crippen LogP contribution >= 0.6 is 11.3 Å². The van der Waals surface area contributed by atoms with Gasteiger partial charge < -0.3 is 5.73 Å². The van der Waals surface area contributed by atoms with Crippen LogP contribution in [0.2, 0.25) is 0 Å². The first-order chi connectivity index (χ1) is 8.13. The van der Waals surface area contributed by atoms with Crippen molar-refractivity contribution in [2.75, 3.05) is 17.8 Å². The lowest BCUT2D eigenvalue weighted by atomic mass is 10.1. The maximum atomic E-state index is 12.1. The lowest BCUT2D eigenvalue weighted by Crippen LogP contribution is -2.49. The molecule has 96 valence electrons. The van der Waals surface area contributed by atoms with Gasteiger partial charge in [0.15, 0.2) is 5.13 Å². The second kappa shape index (κ2) is 5.30. The van der Waals surface area contributed by atoms with Crippen molar-refractivity contribution >= 4 is 26.7 Å². The molecular weight excluding hydrogens is 260 g/mol. The first kappa shape index (κ1) is 12.7. The molecule has 1 aromatic rings. The molecule has 1 fully saturated rings. The van der Waals surface area contributed by atoms with Gasteiger partial charge in [-0.1, -0.05) is 6.42 Å². The van der Waals surface area contributed by atoms with Crippen LogP contribution in [0.25, 0.3) is 0 Å². The molecule has 0 saturated carbocycles. The van der Waals surface area contributed by atoms with E-state index in [4.69, 9.17) is 5.73 Å². The fourth-order valence-electron chi connectivity index (χ4n) is 1.97. The van der Waals surface area contributed by atoms with Crippen molar-refractivity contribution in [1.82, 2.24) is 9.29 Å². The molecule has 1 unspecified atom stereocenters. The Hall–Kier alpha value is -0.700. The highest BCUT2D eigenvalue weighted by Gasteiger charge is 2.31. The molecule has 0 radical (unpaired) electrons. The van der Waals surface area contributed by atoms with E-state index >= 15 is 0 Å². The van der Waals surface area contributed by atoms with Crippen molar-refractivity contribution in [2.24, 2.45) is 5.73 Å². The minimum atomic E-state index is -3.52. The van der Waals surface area contributed by atoms with E-state index < -0.39 is 10.2 Å². The Morgan fingerprint density at radius 2 is 2.41 bits per heavy atom. The lowest BCUT2D eigenvalue weighted by molar-refractivity contribution is 0.259. The summed E-state index contributed by atoms with van der Waals surface area (Å²) in [6, 6.07) is -0.0961. The average molecular weight is 276 g/mol. The third-order valence-electron chi connectivity index (χ3n) is 2.80. The molecule has 0 spiro atoms. The Labute approximate surface area is 105 Å². The van der Waals surface area contributed by atoms with Crippen LogP contribution in [-0.2, 0) is 10.2 Å². The van der Waals surface area contributed by atoms with E-state index in [0.29, 0.717) is 18.2 Å². The third-order valence-corrected chi connectivity index (χ3v) is 5.17. The van der Waals surface area contributed by atoms with Crippen molar-refractivity contribution < 1.29 is 8.42 Å². The highest BCUT2D eigenvalue weighted by molar-refractivity contribution is 7.90. The van der Waals surface area contributed by atoms with E-state index in [9.17, 15) is 8.42 Å². The quantitative estimate of drug-likeness (QED) is 0.843. The molecule has 0 bridgehead atoms. The summed E-state index contributed by atoms with van der Waals surface area (Å²) >= 11 is 1.26. The zero-order chi connectivity index (χ0) is 12.3. The summed E-state index contributed by atoms with van der Waals surface area (Å²) in [7, 11) is -3.52. The van der Waals surface area contributed by atoms with Crippen LogP contribution in [0.3, 0.4) is 0 Å². The van der Waals surface area contributed by atoms with Crippen LogP contribution in [0.15, 0.2) is 11.6 Å². The van der Waals surface area contributed by atoms with Gasteiger partial charge in [-0.05, 0) is 12.8 Å². The maximum Gasteiger partial charge on any atom is 0.303 e. The summed E-state index contributed by atoms with van der Waals surface area (Å²) in [4.78, 5) is 3.92. The summed E-state index contributed by atoms with van der Waals surface area (Å²) in [5, 5.41) is 2.13. The van der Waals surface area contributed by atoms with Gasteiger partial charge in [0.1, 0.15) is 0 Å². The molecule has 2 heterocycles. The van der Waals surface area contributed by atoms with Gasteiger partial charge in [-0.2, -0.15) is 12.7 Å². The molecule has 2 rings (SSSR count). The van der Waals surface area contributed by atoms with Gasteiger partial charge in [-0.15, -0.1) is 11.3 Å². The Morgan fingerprint density at radius 3 is 3.06 bits per heavy atom. The smallest absolute Gasteiger partial charge is 0.303 e. The molecule has 0 aromatic carbocycles. The van der Waals surface area contributed by atoms with Gasteiger partial charge in [-0.25, -0.2) is 9.71 Å². The minimum absolute atomic E-state index is 0.0961. The monoisotopic (exact) mass is 276 g/mol. The molecule has 1 atom stereocenters. The van der Waals surface area contributed by atoms with Crippen molar-refractivity contribution in [1.29, 1.82) is 0 Å². The average Bonchev–Trinajstić information content (AvgIpc) is 2.81. The summed E-state index contributed by atoms with van der Waals surface area (Å²) in [6.07, 6.45) is 4.31. The van der Waals surface area contributed by atoms with Crippen molar-refractivity contribution in [3.63, 3.8) is 0 Å². The van der Waals surface area contributed by atoms with Crippen molar-refractivity contribution in [2.45, 2.75) is 25.3 Å². The standard InChI is InChI=1S/C9H16N4O2S2/c10-7-8-3-1-2-5-13(8)17(14,15)12-9-11-4-6-16-9/h4,6,8H,1-3,5,7,10H2,(H,11,12). The Kier molecular flexibility index (Phi) is 3.97. The summed E-state index contributed by atoms with van der Waals surface area (Å²) in [6.45, 7) is 0.890. The highest BCUT2D eigenvalue weighted by Crippen LogP contribution is 2.22. The number of hydrogen-bond donors (Lipinski definition) is 2. The zero-order valence-electron chi connectivity index (χ0n) is 9.37. The summed E-state index contributed by atoms with van der Waals surface area (Å²) < 4.78 is 28.2. The molecule has 3 N–H and O–H groups in total. The number of aromatic nitrogens is 1. The number of anilines is 1. The van der Waals surface area contributed by atoms with E-state index in [0.717, 1.165) is 19.3 Å². The first-order valence-electron chi connectivity index (χ1n) is 5.52. The van der Waals surface area contributed by atoms with Gasteiger partial charge >= 0.3 is 10.2 Å². The summed E-state index contributed by atoms with van der Waals surface area (Å²) in [5.74, 6) is 0. The lowest BCUT2D eigenvalue weighted by Gasteiger charge is -2.33. The Balaban J connectivity index is 2.13. The van der Waals surface area contributed by atoms with Crippen LogP contribution in [0.1, 0.15) is 19.3 Å². The van der Waals surface area contributed by atoms with Crippen LogP contribution in [-0.4, -0.2) is 36.8 Å². The molecule has 1 saturated heterocycles. The second-order valence-electron chi connectivity index (χ2n) is 3.94. The maximum absolute atomic E-state index is 12.1. The third kappa shape index (κ3) is 2.95. The Bertz CT molecular complexity index is 446. The van der Waals surface area contributed by atoms with Crippen LogP contribution in [0, 0.1) is 0 Å². The molecule has 1 aliphatic rings. The molecule has 6 nitrogen and oxygen atoms in total. The first-order valence-corrected chi connectivity index (χ1v) is 7.84. The largest absolute Gasteiger partial charge is 0.329 e.